The Kier molecular flexibility index (Phi) is 5.07. The molecule has 0 aromatic heterocycles. The van der Waals surface area contributed by atoms with Crippen LogP contribution < -0.4 is 10.0 Å². The van der Waals surface area contributed by atoms with Crippen LogP contribution in [0.4, 0.5) is 14.5 Å². The Hall–Kier alpha value is -2.32. The largest absolute Gasteiger partial charge is 0.326 e. The highest BCUT2D eigenvalue weighted by molar-refractivity contribution is 7.89. The third-order valence-electron chi connectivity index (χ3n) is 2.92. The van der Waals surface area contributed by atoms with Gasteiger partial charge in [-0.05, 0) is 35.9 Å². The first kappa shape index (κ1) is 17.0. The quantitative estimate of drug-likeness (QED) is 0.878. The van der Waals surface area contributed by atoms with Crippen LogP contribution >= 0.6 is 0 Å². The van der Waals surface area contributed by atoms with E-state index in [0.717, 1.165) is 12.1 Å². The molecule has 0 saturated carbocycles. The first-order chi connectivity index (χ1) is 10.8. The maximum atomic E-state index is 13.5. The van der Waals surface area contributed by atoms with Gasteiger partial charge in [-0.1, -0.05) is 12.1 Å². The van der Waals surface area contributed by atoms with Crippen molar-refractivity contribution in [2.45, 2.75) is 18.4 Å². The zero-order chi connectivity index (χ0) is 17.0. The van der Waals surface area contributed by atoms with Crippen LogP contribution in [0.5, 0.6) is 0 Å². The van der Waals surface area contributed by atoms with Gasteiger partial charge in [0.1, 0.15) is 16.5 Å². The average molecular weight is 340 g/mol. The van der Waals surface area contributed by atoms with Gasteiger partial charge in [-0.2, -0.15) is 0 Å². The third-order valence-corrected chi connectivity index (χ3v) is 4.34. The number of rotatable bonds is 5. The smallest absolute Gasteiger partial charge is 0.243 e. The van der Waals surface area contributed by atoms with Crippen LogP contribution in [0, 0.1) is 11.6 Å². The van der Waals surface area contributed by atoms with E-state index in [1.807, 2.05) is 0 Å². The highest BCUT2D eigenvalue weighted by Crippen LogP contribution is 2.16. The fourth-order valence-corrected chi connectivity index (χ4v) is 2.95. The van der Waals surface area contributed by atoms with E-state index < -0.39 is 26.6 Å². The Morgan fingerprint density at radius 1 is 1.09 bits per heavy atom. The zero-order valence-corrected chi connectivity index (χ0v) is 13.0. The van der Waals surface area contributed by atoms with Crippen molar-refractivity contribution in [1.29, 1.82) is 0 Å². The molecule has 0 aliphatic carbocycles. The highest BCUT2D eigenvalue weighted by Gasteiger charge is 2.19. The van der Waals surface area contributed by atoms with Gasteiger partial charge in [-0.25, -0.2) is 21.9 Å². The first-order valence-electron chi connectivity index (χ1n) is 6.59. The van der Waals surface area contributed by atoms with Crippen molar-refractivity contribution in [3.05, 3.63) is 59.7 Å². The molecule has 0 fully saturated rings. The molecule has 2 N–H and O–H groups in total. The summed E-state index contributed by atoms with van der Waals surface area (Å²) in [5, 5.41) is 2.58. The summed E-state index contributed by atoms with van der Waals surface area (Å²) < 4.78 is 52.9. The van der Waals surface area contributed by atoms with Crippen molar-refractivity contribution in [2.75, 3.05) is 5.32 Å². The summed E-state index contributed by atoms with van der Waals surface area (Å²) in [6.07, 6.45) is 0. The molecule has 0 radical (unpaired) electrons. The topological polar surface area (TPSA) is 75.3 Å². The SMILES string of the molecule is CC(=O)Nc1ccc(CNS(=O)(=O)c2cc(F)ccc2F)cc1. The Morgan fingerprint density at radius 2 is 1.74 bits per heavy atom. The van der Waals surface area contributed by atoms with E-state index in [0.29, 0.717) is 17.3 Å². The highest BCUT2D eigenvalue weighted by atomic mass is 32.2. The van der Waals surface area contributed by atoms with E-state index in [-0.39, 0.29) is 12.5 Å². The van der Waals surface area contributed by atoms with Crippen LogP contribution in [0.25, 0.3) is 0 Å². The van der Waals surface area contributed by atoms with Crippen molar-refractivity contribution in [3.8, 4) is 0 Å². The van der Waals surface area contributed by atoms with E-state index in [4.69, 9.17) is 0 Å². The van der Waals surface area contributed by atoms with Crippen LogP contribution in [0.2, 0.25) is 0 Å². The maximum Gasteiger partial charge on any atom is 0.243 e. The van der Waals surface area contributed by atoms with E-state index >= 15 is 0 Å². The van der Waals surface area contributed by atoms with Gasteiger partial charge < -0.3 is 5.32 Å². The molecule has 2 rings (SSSR count). The fraction of sp³-hybridized carbons (Fsp3) is 0.133. The predicted octanol–water partition coefficient (Wildman–Crippen LogP) is 2.40. The van der Waals surface area contributed by atoms with Crippen LogP contribution in [-0.4, -0.2) is 14.3 Å². The van der Waals surface area contributed by atoms with Crippen LogP contribution in [0.1, 0.15) is 12.5 Å². The van der Waals surface area contributed by atoms with Crippen LogP contribution in [0.15, 0.2) is 47.4 Å². The molecule has 2 aromatic carbocycles. The number of nitrogens with one attached hydrogen (secondary N) is 2. The molecule has 2 aromatic rings. The normalized spacial score (nSPS) is 11.3. The molecule has 0 saturated heterocycles. The number of sulfonamides is 1. The Balaban J connectivity index is 2.10. The number of hydrogen-bond donors (Lipinski definition) is 2. The number of benzene rings is 2. The van der Waals surface area contributed by atoms with Crippen molar-refractivity contribution in [1.82, 2.24) is 4.72 Å². The van der Waals surface area contributed by atoms with Gasteiger partial charge in [0.05, 0.1) is 0 Å². The predicted molar refractivity (Wildman–Crippen MR) is 81.1 cm³/mol. The minimum absolute atomic E-state index is 0.0986. The van der Waals surface area contributed by atoms with Crippen molar-refractivity contribution >= 4 is 21.6 Å². The third kappa shape index (κ3) is 4.57. The average Bonchev–Trinajstić information content (AvgIpc) is 2.48. The van der Waals surface area contributed by atoms with Gasteiger partial charge in [0.2, 0.25) is 15.9 Å². The lowest BCUT2D eigenvalue weighted by Gasteiger charge is -2.09. The molecule has 0 unspecified atom stereocenters. The van der Waals surface area contributed by atoms with E-state index in [9.17, 15) is 22.0 Å². The molecule has 8 heteroatoms. The lowest BCUT2D eigenvalue weighted by Crippen LogP contribution is -2.24. The van der Waals surface area contributed by atoms with Gasteiger partial charge >= 0.3 is 0 Å². The monoisotopic (exact) mass is 340 g/mol. The molecule has 1 amide bonds. The van der Waals surface area contributed by atoms with E-state index in [2.05, 4.69) is 10.0 Å². The summed E-state index contributed by atoms with van der Waals surface area (Å²) in [6.45, 7) is 1.27. The minimum Gasteiger partial charge on any atom is -0.326 e. The Bertz CT molecular complexity index is 821. The molecule has 0 heterocycles. The molecule has 23 heavy (non-hydrogen) atoms. The Labute approximate surface area is 132 Å². The maximum absolute atomic E-state index is 13.5. The van der Waals surface area contributed by atoms with Gasteiger partial charge in [0, 0.05) is 19.2 Å². The van der Waals surface area contributed by atoms with Gasteiger partial charge in [0.25, 0.3) is 0 Å². The molecule has 0 aliphatic rings. The Morgan fingerprint density at radius 3 is 2.35 bits per heavy atom. The lowest BCUT2D eigenvalue weighted by atomic mass is 10.2. The summed E-state index contributed by atoms with van der Waals surface area (Å²) in [7, 11) is -4.18. The first-order valence-corrected chi connectivity index (χ1v) is 8.07. The van der Waals surface area contributed by atoms with E-state index in [1.165, 1.54) is 6.92 Å². The molecular formula is C15H14F2N2O3S. The zero-order valence-electron chi connectivity index (χ0n) is 12.1. The van der Waals surface area contributed by atoms with Crippen LogP contribution in [0.3, 0.4) is 0 Å². The second-order valence-electron chi connectivity index (χ2n) is 4.78. The molecule has 122 valence electrons. The molecule has 0 spiro atoms. The second kappa shape index (κ2) is 6.84. The number of hydrogen-bond acceptors (Lipinski definition) is 3. The molecular weight excluding hydrogens is 326 g/mol. The summed E-state index contributed by atoms with van der Waals surface area (Å²) in [6, 6.07) is 8.64. The lowest BCUT2D eigenvalue weighted by molar-refractivity contribution is -0.114. The molecule has 0 bridgehead atoms. The van der Waals surface area contributed by atoms with Crippen molar-refractivity contribution < 1.29 is 22.0 Å². The van der Waals surface area contributed by atoms with E-state index in [1.54, 1.807) is 24.3 Å². The molecule has 5 nitrogen and oxygen atoms in total. The molecule has 0 aliphatic heterocycles. The number of amides is 1. The van der Waals surface area contributed by atoms with Crippen molar-refractivity contribution in [2.24, 2.45) is 0 Å². The standard InChI is InChI=1S/C15H14F2N2O3S/c1-10(20)19-13-5-2-11(3-6-13)9-18-23(21,22)15-8-12(16)4-7-14(15)17/h2-8,18H,9H2,1H3,(H,19,20). The number of carbonyl (C=O) groups is 1. The van der Waals surface area contributed by atoms with Gasteiger partial charge in [-0.15, -0.1) is 0 Å². The summed E-state index contributed by atoms with van der Waals surface area (Å²) in [5.74, 6) is -2.09. The molecule has 0 atom stereocenters. The van der Waals surface area contributed by atoms with Crippen LogP contribution in [-0.2, 0) is 21.4 Å². The van der Waals surface area contributed by atoms with Gasteiger partial charge in [-0.3, -0.25) is 4.79 Å². The van der Waals surface area contributed by atoms with Crippen molar-refractivity contribution in [3.63, 3.8) is 0 Å². The summed E-state index contributed by atoms with van der Waals surface area (Å²) in [4.78, 5) is 10.2. The number of carbonyl (C=O) groups excluding carboxylic acids is 1. The summed E-state index contributed by atoms with van der Waals surface area (Å²) >= 11 is 0. The minimum atomic E-state index is -4.18. The number of halogens is 2. The summed E-state index contributed by atoms with van der Waals surface area (Å²) in [5.41, 5.74) is 1.17. The second-order valence-corrected chi connectivity index (χ2v) is 6.51. The fourth-order valence-electron chi connectivity index (χ4n) is 1.85. The number of anilines is 1. The van der Waals surface area contributed by atoms with Gasteiger partial charge in [0.15, 0.2) is 0 Å².